The van der Waals surface area contributed by atoms with Gasteiger partial charge in [0, 0.05) is 17.1 Å². The lowest BCUT2D eigenvalue weighted by molar-refractivity contribution is -0.113. The molecular weight excluding hydrogens is 296 g/mol. The van der Waals surface area contributed by atoms with Gasteiger partial charge in [0.15, 0.2) is 0 Å². The molecule has 0 spiro atoms. The van der Waals surface area contributed by atoms with Crippen LogP contribution in [0.25, 0.3) is 0 Å². The molecule has 2 N–H and O–H groups in total. The second-order valence-corrected chi connectivity index (χ2v) is 5.52. The number of carbonyl (C=O) groups excluding carboxylic acids is 1. The molecular formula is C13H15ClN4OS. The number of hydrogen-bond acceptors (Lipinski definition) is 4. The Bertz CT molecular complexity index is 614. The number of aromatic nitrogens is 3. The molecule has 2 rings (SSSR count). The Morgan fingerprint density at radius 1 is 1.50 bits per heavy atom. The maximum atomic E-state index is 11.9. The van der Waals surface area contributed by atoms with Gasteiger partial charge in [0.05, 0.1) is 5.75 Å². The number of benzene rings is 1. The van der Waals surface area contributed by atoms with Gasteiger partial charge in [0.2, 0.25) is 11.1 Å². The zero-order valence-corrected chi connectivity index (χ0v) is 12.8. The fourth-order valence-electron chi connectivity index (χ4n) is 1.56. The highest BCUT2D eigenvalue weighted by Gasteiger charge is 2.09. The van der Waals surface area contributed by atoms with Gasteiger partial charge in [-0.25, -0.2) is 4.98 Å². The van der Waals surface area contributed by atoms with E-state index in [1.807, 2.05) is 19.9 Å². The standard InChI is InChI=1S/C13H15ClN4OS/c1-3-11-16-13(18-17-11)20-7-12(19)15-10-6-4-5-9(14)8(10)2/h4-6H,3,7H2,1-2H3,(H,15,19)(H,16,17,18). The third-order valence-electron chi connectivity index (χ3n) is 2.72. The Kier molecular flexibility index (Phi) is 5.03. The molecule has 20 heavy (non-hydrogen) atoms. The minimum absolute atomic E-state index is 0.108. The van der Waals surface area contributed by atoms with E-state index in [9.17, 15) is 4.79 Å². The Morgan fingerprint density at radius 2 is 2.30 bits per heavy atom. The molecule has 0 bridgehead atoms. The first-order valence-electron chi connectivity index (χ1n) is 6.19. The fourth-order valence-corrected chi connectivity index (χ4v) is 2.35. The molecule has 0 fully saturated rings. The minimum atomic E-state index is -0.108. The highest BCUT2D eigenvalue weighted by molar-refractivity contribution is 7.99. The summed E-state index contributed by atoms with van der Waals surface area (Å²) in [5, 5.41) is 10.9. The monoisotopic (exact) mass is 310 g/mol. The summed E-state index contributed by atoms with van der Waals surface area (Å²) in [5.74, 6) is 0.967. The number of amides is 1. The molecule has 1 heterocycles. The first-order valence-corrected chi connectivity index (χ1v) is 7.55. The molecule has 0 saturated heterocycles. The van der Waals surface area contributed by atoms with Crippen LogP contribution in [0.4, 0.5) is 5.69 Å². The first kappa shape index (κ1) is 14.9. The molecule has 5 nitrogen and oxygen atoms in total. The smallest absolute Gasteiger partial charge is 0.234 e. The Labute approximate surface area is 126 Å². The summed E-state index contributed by atoms with van der Waals surface area (Å²) in [6, 6.07) is 5.42. The molecule has 0 aliphatic heterocycles. The van der Waals surface area contributed by atoms with Crippen LogP contribution in [0.3, 0.4) is 0 Å². The molecule has 0 unspecified atom stereocenters. The van der Waals surface area contributed by atoms with E-state index in [0.717, 1.165) is 23.5 Å². The number of aromatic amines is 1. The molecule has 0 saturated carbocycles. The van der Waals surface area contributed by atoms with Crippen molar-refractivity contribution < 1.29 is 4.79 Å². The maximum absolute atomic E-state index is 11.9. The maximum Gasteiger partial charge on any atom is 0.234 e. The average Bonchev–Trinajstić information content (AvgIpc) is 2.90. The van der Waals surface area contributed by atoms with E-state index in [4.69, 9.17) is 11.6 Å². The SMILES string of the molecule is CCc1nc(SCC(=O)Nc2cccc(Cl)c2C)n[nH]1. The second kappa shape index (κ2) is 6.76. The van der Waals surface area contributed by atoms with Crippen LogP contribution < -0.4 is 5.32 Å². The molecule has 106 valence electrons. The Balaban J connectivity index is 1.91. The molecule has 1 aromatic carbocycles. The Hall–Kier alpha value is -1.53. The van der Waals surface area contributed by atoms with Crippen molar-refractivity contribution in [2.45, 2.75) is 25.4 Å². The molecule has 0 aliphatic carbocycles. The zero-order valence-electron chi connectivity index (χ0n) is 11.2. The van der Waals surface area contributed by atoms with Crippen molar-refractivity contribution in [1.29, 1.82) is 0 Å². The summed E-state index contributed by atoms with van der Waals surface area (Å²) in [7, 11) is 0. The largest absolute Gasteiger partial charge is 0.325 e. The van der Waals surface area contributed by atoms with Gasteiger partial charge in [0.1, 0.15) is 5.82 Å². The molecule has 2 aromatic rings. The number of aryl methyl sites for hydroxylation is 1. The molecule has 1 aromatic heterocycles. The molecule has 0 aliphatic rings. The van der Waals surface area contributed by atoms with E-state index in [0.29, 0.717) is 10.2 Å². The average molecular weight is 311 g/mol. The second-order valence-electron chi connectivity index (χ2n) is 4.17. The predicted molar refractivity (Wildman–Crippen MR) is 81.3 cm³/mol. The quantitative estimate of drug-likeness (QED) is 0.833. The van der Waals surface area contributed by atoms with E-state index < -0.39 is 0 Å². The number of carbonyl (C=O) groups is 1. The number of hydrogen-bond donors (Lipinski definition) is 2. The van der Waals surface area contributed by atoms with Crippen molar-refractivity contribution in [3.05, 3.63) is 34.6 Å². The van der Waals surface area contributed by atoms with Crippen molar-refractivity contribution >= 4 is 35.0 Å². The van der Waals surface area contributed by atoms with Crippen LogP contribution in [-0.2, 0) is 11.2 Å². The number of rotatable bonds is 5. The van der Waals surface area contributed by atoms with Crippen LogP contribution in [0, 0.1) is 6.92 Å². The lowest BCUT2D eigenvalue weighted by atomic mass is 10.2. The van der Waals surface area contributed by atoms with E-state index in [2.05, 4.69) is 20.5 Å². The van der Waals surface area contributed by atoms with Crippen molar-refractivity contribution in [1.82, 2.24) is 15.2 Å². The van der Waals surface area contributed by atoms with Crippen molar-refractivity contribution in [3.63, 3.8) is 0 Å². The summed E-state index contributed by atoms with van der Waals surface area (Å²) < 4.78 is 0. The van der Waals surface area contributed by atoms with Crippen LogP contribution in [0.2, 0.25) is 5.02 Å². The predicted octanol–water partition coefficient (Wildman–Crippen LogP) is 3.06. The first-order chi connectivity index (χ1) is 9.60. The normalized spacial score (nSPS) is 10.6. The molecule has 7 heteroatoms. The lowest BCUT2D eigenvalue weighted by Crippen LogP contribution is -2.15. The summed E-state index contributed by atoms with van der Waals surface area (Å²) >= 11 is 7.30. The summed E-state index contributed by atoms with van der Waals surface area (Å²) in [4.78, 5) is 16.1. The van der Waals surface area contributed by atoms with Gasteiger partial charge in [-0.05, 0) is 24.6 Å². The zero-order chi connectivity index (χ0) is 14.5. The summed E-state index contributed by atoms with van der Waals surface area (Å²) in [6.45, 7) is 3.86. The van der Waals surface area contributed by atoms with Gasteiger partial charge in [-0.3, -0.25) is 9.89 Å². The van der Waals surface area contributed by atoms with Gasteiger partial charge >= 0.3 is 0 Å². The van der Waals surface area contributed by atoms with Gasteiger partial charge in [0.25, 0.3) is 0 Å². The topological polar surface area (TPSA) is 70.7 Å². The van der Waals surface area contributed by atoms with Gasteiger partial charge in [-0.15, -0.1) is 5.10 Å². The van der Waals surface area contributed by atoms with Crippen molar-refractivity contribution in [2.24, 2.45) is 0 Å². The molecule has 1 amide bonds. The van der Waals surface area contributed by atoms with Crippen LogP contribution in [-0.4, -0.2) is 26.8 Å². The summed E-state index contributed by atoms with van der Waals surface area (Å²) in [6.07, 6.45) is 0.793. The minimum Gasteiger partial charge on any atom is -0.325 e. The van der Waals surface area contributed by atoms with Crippen LogP contribution in [0.5, 0.6) is 0 Å². The Morgan fingerprint density at radius 3 is 3.00 bits per heavy atom. The highest BCUT2D eigenvalue weighted by atomic mass is 35.5. The van der Waals surface area contributed by atoms with Crippen LogP contribution >= 0.6 is 23.4 Å². The fraction of sp³-hybridized carbons (Fsp3) is 0.308. The number of thioether (sulfide) groups is 1. The van der Waals surface area contributed by atoms with Crippen molar-refractivity contribution in [3.8, 4) is 0 Å². The number of nitrogens with one attached hydrogen (secondary N) is 2. The van der Waals surface area contributed by atoms with E-state index in [-0.39, 0.29) is 11.7 Å². The number of halogens is 1. The third-order valence-corrected chi connectivity index (χ3v) is 3.98. The van der Waals surface area contributed by atoms with Crippen molar-refractivity contribution in [2.75, 3.05) is 11.1 Å². The molecule has 0 radical (unpaired) electrons. The number of H-pyrrole nitrogens is 1. The number of anilines is 1. The number of nitrogens with zero attached hydrogens (tertiary/aromatic N) is 2. The van der Waals surface area contributed by atoms with E-state index in [1.54, 1.807) is 12.1 Å². The third kappa shape index (κ3) is 3.74. The van der Waals surface area contributed by atoms with E-state index in [1.165, 1.54) is 11.8 Å². The van der Waals surface area contributed by atoms with Gasteiger partial charge < -0.3 is 5.32 Å². The van der Waals surface area contributed by atoms with Gasteiger partial charge in [-0.1, -0.05) is 36.4 Å². The molecule has 0 atom stereocenters. The van der Waals surface area contributed by atoms with Crippen LogP contribution in [0.1, 0.15) is 18.3 Å². The lowest BCUT2D eigenvalue weighted by Gasteiger charge is -2.08. The summed E-state index contributed by atoms with van der Waals surface area (Å²) in [5.41, 5.74) is 1.59. The van der Waals surface area contributed by atoms with Gasteiger partial charge in [-0.2, -0.15) is 0 Å². The highest BCUT2D eigenvalue weighted by Crippen LogP contribution is 2.23. The van der Waals surface area contributed by atoms with E-state index >= 15 is 0 Å². The van der Waals surface area contributed by atoms with Crippen LogP contribution in [0.15, 0.2) is 23.4 Å².